The van der Waals surface area contributed by atoms with Crippen LogP contribution in [-0.4, -0.2) is 24.3 Å². The van der Waals surface area contributed by atoms with Gasteiger partial charge >= 0.3 is 0 Å². The minimum Gasteiger partial charge on any atom is -0.383 e. The van der Waals surface area contributed by atoms with Crippen LogP contribution in [0.2, 0.25) is 5.02 Å². The summed E-state index contributed by atoms with van der Waals surface area (Å²) in [5, 5.41) is 5.17. The molecule has 0 aliphatic heterocycles. The van der Waals surface area contributed by atoms with E-state index in [1.54, 1.807) is 6.20 Å². The highest BCUT2D eigenvalue weighted by Gasteiger charge is 2.01. The summed E-state index contributed by atoms with van der Waals surface area (Å²) in [4.78, 5) is 8.80. The summed E-state index contributed by atoms with van der Waals surface area (Å²) in [6, 6.07) is 16.0. The van der Waals surface area contributed by atoms with Crippen LogP contribution in [0.4, 0.5) is 5.69 Å². The van der Waals surface area contributed by atoms with Crippen molar-refractivity contribution in [3.05, 3.63) is 70.9 Å². The van der Waals surface area contributed by atoms with E-state index in [0.29, 0.717) is 11.6 Å². The van der Waals surface area contributed by atoms with E-state index in [4.69, 9.17) is 11.6 Å². The zero-order valence-electron chi connectivity index (χ0n) is 13.0. The number of nitrogens with zero attached hydrogens (tertiary/aromatic N) is 2. The molecule has 0 spiro atoms. The van der Waals surface area contributed by atoms with E-state index >= 15 is 0 Å². The highest BCUT2D eigenvalue weighted by Crippen LogP contribution is 2.24. The zero-order chi connectivity index (χ0) is 16.1. The summed E-state index contributed by atoms with van der Waals surface area (Å²) in [5.41, 5.74) is 4.33. The molecule has 1 heterocycles. The Hall–Kier alpha value is -2.39. The maximum atomic E-state index is 6.01. The Bertz CT molecular complexity index is 826. The maximum Gasteiger partial charge on any atom is 0.0737 e. The highest BCUT2D eigenvalue weighted by atomic mass is 35.5. The average molecular weight is 324 g/mol. The number of nitrogens with one attached hydrogen (secondary N) is 1. The Balaban J connectivity index is 1.59. The molecule has 0 atom stereocenters. The van der Waals surface area contributed by atoms with E-state index in [0.717, 1.165) is 28.7 Å². The van der Waals surface area contributed by atoms with Crippen molar-refractivity contribution in [2.45, 2.75) is 6.92 Å². The number of aryl methyl sites for hydroxylation is 1. The minimum atomic E-state index is 0.699. The normalized spacial score (nSPS) is 11.2. The minimum absolute atomic E-state index is 0.699. The molecule has 1 N–H and O–H groups in total. The molecule has 0 radical (unpaired) electrons. The molecular formula is C19H18ClN3. The molecule has 3 aromatic rings. The molecule has 1 aromatic heterocycles. The lowest BCUT2D eigenvalue weighted by Gasteiger charge is -2.08. The Morgan fingerprint density at radius 2 is 1.96 bits per heavy atom. The van der Waals surface area contributed by atoms with Crippen LogP contribution in [0.25, 0.3) is 10.9 Å². The molecule has 0 aliphatic rings. The summed E-state index contributed by atoms with van der Waals surface area (Å²) in [7, 11) is 0. The van der Waals surface area contributed by atoms with Gasteiger partial charge in [0.05, 0.1) is 12.1 Å². The van der Waals surface area contributed by atoms with Crippen LogP contribution in [0.15, 0.2) is 59.7 Å². The molecule has 0 unspecified atom stereocenters. The third kappa shape index (κ3) is 4.08. The Kier molecular flexibility index (Phi) is 4.89. The van der Waals surface area contributed by atoms with E-state index in [1.165, 1.54) is 5.56 Å². The van der Waals surface area contributed by atoms with Crippen molar-refractivity contribution in [3.63, 3.8) is 0 Å². The molecule has 0 fully saturated rings. The van der Waals surface area contributed by atoms with Gasteiger partial charge in [0.1, 0.15) is 0 Å². The second-order valence-electron chi connectivity index (χ2n) is 5.39. The summed E-state index contributed by atoms with van der Waals surface area (Å²) in [6.07, 6.45) is 3.70. The van der Waals surface area contributed by atoms with Gasteiger partial charge in [-0.3, -0.25) is 9.98 Å². The van der Waals surface area contributed by atoms with Crippen molar-refractivity contribution in [1.29, 1.82) is 0 Å². The Morgan fingerprint density at radius 3 is 2.78 bits per heavy atom. The molecule has 0 bridgehead atoms. The van der Waals surface area contributed by atoms with Crippen LogP contribution in [0, 0.1) is 6.92 Å². The van der Waals surface area contributed by atoms with Gasteiger partial charge in [-0.2, -0.15) is 0 Å². The fourth-order valence-electron chi connectivity index (χ4n) is 2.35. The molecule has 0 saturated heterocycles. The summed E-state index contributed by atoms with van der Waals surface area (Å²) < 4.78 is 0. The summed E-state index contributed by atoms with van der Waals surface area (Å²) >= 11 is 6.01. The number of fused-ring (bicyclic) bond motifs is 1. The Labute approximate surface area is 141 Å². The van der Waals surface area contributed by atoms with Gasteiger partial charge in [-0.05, 0) is 36.8 Å². The number of anilines is 1. The first-order valence-corrected chi connectivity index (χ1v) is 7.95. The lowest BCUT2D eigenvalue weighted by atomic mass is 10.2. The highest BCUT2D eigenvalue weighted by molar-refractivity contribution is 6.31. The maximum absolute atomic E-state index is 6.01. The standard InChI is InChI=1S/C19H18ClN3/c1-14-2-4-15(5-3-14)13-21-10-11-23-18-8-9-22-19-12-16(20)6-7-17(18)19/h2-9,12-13H,10-11H2,1H3,(H,22,23). The van der Waals surface area contributed by atoms with Crippen molar-refractivity contribution < 1.29 is 0 Å². The van der Waals surface area contributed by atoms with E-state index in [-0.39, 0.29) is 0 Å². The van der Waals surface area contributed by atoms with Crippen LogP contribution in [0.1, 0.15) is 11.1 Å². The predicted molar refractivity (Wildman–Crippen MR) is 98.9 cm³/mol. The number of rotatable bonds is 5. The number of hydrogen-bond donors (Lipinski definition) is 1. The van der Waals surface area contributed by atoms with Crippen molar-refractivity contribution in [3.8, 4) is 0 Å². The molecule has 0 aliphatic carbocycles. The third-order valence-corrected chi connectivity index (χ3v) is 3.81. The van der Waals surface area contributed by atoms with E-state index < -0.39 is 0 Å². The van der Waals surface area contributed by atoms with Crippen LogP contribution in [0.3, 0.4) is 0 Å². The quantitative estimate of drug-likeness (QED) is 0.544. The molecule has 3 rings (SSSR count). The lowest BCUT2D eigenvalue weighted by Crippen LogP contribution is -2.05. The number of aromatic nitrogens is 1. The molecule has 3 nitrogen and oxygen atoms in total. The summed E-state index contributed by atoms with van der Waals surface area (Å²) in [6.45, 7) is 3.56. The second kappa shape index (κ2) is 7.25. The van der Waals surface area contributed by atoms with Gasteiger partial charge in [-0.1, -0.05) is 41.4 Å². The average Bonchev–Trinajstić information content (AvgIpc) is 2.56. The molecule has 0 amide bonds. The molecule has 4 heteroatoms. The summed E-state index contributed by atoms with van der Waals surface area (Å²) in [5.74, 6) is 0. The number of halogens is 1. The largest absolute Gasteiger partial charge is 0.383 e. The van der Waals surface area contributed by atoms with Gasteiger partial charge in [-0.15, -0.1) is 0 Å². The number of aliphatic imine (C=N–C) groups is 1. The van der Waals surface area contributed by atoms with Gasteiger partial charge < -0.3 is 5.32 Å². The van der Waals surface area contributed by atoms with E-state index in [1.807, 2.05) is 30.5 Å². The van der Waals surface area contributed by atoms with Crippen molar-refractivity contribution in [2.24, 2.45) is 4.99 Å². The molecular weight excluding hydrogens is 306 g/mol. The van der Waals surface area contributed by atoms with E-state index in [2.05, 4.69) is 46.5 Å². The fraction of sp³-hybridized carbons (Fsp3) is 0.158. The van der Waals surface area contributed by atoms with Gasteiger partial charge in [0.15, 0.2) is 0 Å². The first-order valence-electron chi connectivity index (χ1n) is 7.57. The van der Waals surface area contributed by atoms with Gasteiger partial charge in [-0.25, -0.2) is 0 Å². The molecule has 116 valence electrons. The van der Waals surface area contributed by atoms with Crippen molar-refractivity contribution >= 4 is 34.4 Å². The number of hydrogen-bond acceptors (Lipinski definition) is 3. The van der Waals surface area contributed by atoms with Crippen molar-refractivity contribution in [2.75, 3.05) is 18.4 Å². The van der Waals surface area contributed by atoms with Gasteiger partial charge in [0.2, 0.25) is 0 Å². The van der Waals surface area contributed by atoms with Crippen molar-refractivity contribution in [1.82, 2.24) is 4.98 Å². The zero-order valence-corrected chi connectivity index (χ0v) is 13.7. The van der Waals surface area contributed by atoms with Gasteiger partial charge in [0.25, 0.3) is 0 Å². The smallest absolute Gasteiger partial charge is 0.0737 e. The molecule has 23 heavy (non-hydrogen) atoms. The number of pyridine rings is 1. The topological polar surface area (TPSA) is 37.3 Å². The fourth-order valence-corrected chi connectivity index (χ4v) is 2.52. The lowest BCUT2D eigenvalue weighted by molar-refractivity contribution is 1.03. The van der Waals surface area contributed by atoms with E-state index in [9.17, 15) is 0 Å². The SMILES string of the molecule is Cc1ccc(C=NCCNc2ccnc3cc(Cl)ccc23)cc1. The molecule has 2 aromatic carbocycles. The first-order chi connectivity index (χ1) is 11.2. The second-order valence-corrected chi connectivity index (χ2v) is 5.83. The first kappa shape index (κ1) is 15.5. The van der Waals surface area contributed by atoms with Crippen LogP contribution in [-0.2, 0) is 0 Å². The van der Waals surface area contributed by atoms with Crippen LogP contribution < -0.4 is 5.32 Å². The number of benzene rings is 2. The monoisotopic (exact) mass is 323 g/mol. The van der Waals surface area contributed by atoms with Gasteiger partial charge in [0, 0.05) is 35.1 Å². The molecule has 0 saturated carbocycles. The third-order valence-electron chi connectivity index (χ3n) is 3.58. The van der Waals surface area contributed by atoms with Crippen LogP contribution >= 0.6 is 11.6 Å². The predicted octanol–water partition coefficient (Wildman–Crippen LogP) is 4.73. The Morgan fingerprint density at radius 1 is 1.13 bits per heavy atom. The van der Waals surface area contributed by atoms with Crippen LogP contribution in [0.5, 0.6) is 0 Å².